The molecule has 0 saturated heterocycles. The zero-order valence-electron chi connectivity index (χ0n) is 11.5. The molecule has 3 N–H and O–H groups in total. The summed E-state index contributed by atoms with van der Waals surface area (Å²) in [7, 11) is 0. The SMILES string of the molecule is N#CCC(=O)Nc1cccc(NC(=O)c2cccc(O)c2)c1. The van der Waals surface area contributed by atoms with E-state index in [1.54, 1.807) is 42.5 Å². The number of nitrogens with zero attached hydrogens (tertiary/aromatic N) is 1. The highest BCUT2D eigenvalue weighted by molar-refractivity contribution is 6.05. The van der Waals surface area contributed by atoms with Crippen LogP contribution in [0.2, 0.25) is 0 Å². The van der Waals surface area contributed by atoms with Gasteiger partial charge in [-0.05, 0) is 36.4 Å². The van der Waals surface area contributed by atoms with Gasteiger partial charge < -0.3 is 15.7 Å². The lowest BCUT2D eigenvalue weighted by atomic mass is 10.2. The van der Waals surface area contributed by atoms with Crippen molar-refractivity contribution in [1.29, 1.82) is 5.26 Å². The predicted molar refractivity (Wildman–Crippen MR) is 81.4 cm³/mol. The number of carbonyl (C=O) groups excluding carboxylic acids is 2. The lowest BCUT2D eigenvalue weighted by molar-refractivity contribution is -0.115. The molecule has 2 rings (SSSR count). The molecule has 0 fully saturated rings. The number of hydrogen-bond donors (Lipinski definition) is 3. The molecule has 2 aromatic rings. The first-order valence-electron chi connectivity index (χ1n) is 6.46. The fourth-order valence-electron chi connectivity index (χ4n) is 1.80. The molecule has 0 aliphatic rings. The fourth-order valence-corrected chi connectivity index (χ4v) is 1.80. The third-order valence-corrected chi connectivity index (χ3v) is 2.75. The maximum atomic E-state index is 12.0. The maximum Gasteiger partial charge on any atom is 0.255 e. The average molecular weight is 295 g/mol. The van der Waals surface area contributed by atoms with Crippen LogP contribution in [0.1, 0.15) is 16.8 Å². The highest BCUT2D eigenvalue weighted by atomic mass is 16.3. The van der Waals surface area contributed by atoms with Crippen molar-refractivity contribution in [2.45, 2.75) is 6.42 Å². The number of hydrogen-bond acceptors (Lipinski definition) is 4. The minimum atomic E-state index is -0.418. The Hall–Kier alpha value is -3.33. The Morgan fingerprint density at radius 2 is 1.73 bits per heavy atom. The van der Waals surface area contributed by atoms with E-state index in [4.69, 9.17) is 5.26 Å². The Labute approximate surface area is 127 Å². The normalized spacial score (nSPS) is 9.59. The first-order valence-corrected chi connectivity index (χ1v) is 6.46. The van der Waals surface area contributed by atoms with E-state index in [0.717, 1.165) is 0 Å². The number of rotatable bonds is 4. The first kappa shape index (κ1) is 15.1. The molecular formula is C16H13N3O3. The van der Waals surface area contributed by atoms with Gasteiger partial charge in [0.2, 0.25) is 5.91 Å². The van der Waals surface area contributed by atoms with Crippen molar-refractivity contribution >= 4 is 23.2 Å². The van der Waals surface area contributed by atoms with Crippen molar-refractivity contribution in [3.63, 3.8) is 0 Å². The van der Waals surface area contributed by atoms with Gasteiger partial charge in [0.1, 0.15) is 12.2 Å². The molecule has 0 aromatic heterocycles. The highest BCUT2D eigenvalue weighted by Crippen LogP contribution is 2.17. The second-order valence-corrected chi connectivity index (χ2v) is 4.47. The molecule has 110 valence electrons. The number of anilines is 2. The summed E-state index contributed by atoms with van der Waals surface area (Å²) in [5.74, 6) is -0.791. The number of benzene rings is 2. The topological polar surface area (TPSA) is 102 Å². The number of nitrogens with one attached hydrogen (secondary N) is 2. The number of nitriles is 1. The second-order valence-electron chi connectivity index (χ2n) is 4.47. The van der Waals surface area contributed by atoms with Crippen molar-refractivity contribution in [3.05, 3.63) is 54.1 Å². The van der Waals surface area contributed by atoms with Crippen LogP contribution in [0.4, 0.5) is 11.4 Å². The van der Waals surface area contributed by atoms with Crippen LogP contribution in [0.25, 0.3) is 0 Å². The van der Waals surface area contributed by atoms with Gasteiger partial charge in [-0.25, -0.2) is 0 Å². The highest BCUT2D eigenvalue weighted by Gasteiger charge is 2.08. The van der Waals surface area contributed by atoms with Crippen LogP contribution in [0, 0.1) is 11.3 Å². The van der Waals surface area contributed by atoms with Gasteiger partial charge >= 0.3 is 0 Å². The summed E-state index contributed by atoms with van der Waals surface area (Å²) in [4.78, 5) is 23.4. The van der Waals surface area contributed by atoms with Gasteiger partial charge in [0.15, 0.2) is 0 Å². The Kier molecular flexibility index (Phi) is 4.73. The number of amides is 2. The molecule has 0 heterocycles. The summed E-state index contributed by atoms with van der Waals surface area (Å²) in [6.07, 6.45) is -0.236. The van der Waals surface area contributed by atoms with Crippen molar-refractivity contribution in [3.8, 4) is 11.8 Å². The van der Waals surface area contributed by atoms with Gasteiger partial charge in [0.05, 0.1) is 6.07 Å². The molecule has 6 heteroatoms. The molecule has 0 aliphatic carbocycles. The van der Waals surface area contributed by atoms with Crippen LogP contribution in [0.15, 0.2) is 48.5 Å². The monoisotopic (exact) mass is 295 g/mol. The Balaban J connectivity index is 2.09. The van der Waals surface area contributed by atoms with Crippen LogP contribution >= 0.6 is 0 Å². The van der Waals surface area contributed by atoms with Gasteiger partial charge in [0, 0.05) is 16.9 Å². The standard InChI is InChI=1S/C16H13N3O3/c17-8-7-15(21)18-12-4-2-5-13(10-12)19-16(22)11-3-1-6-14(20)9-11/h1-6,9-10,20H,7H2,(H,18,21)(H,19,22). The lowest BCUT2D eigenvalue weighted by Gasteiger charge is -2.08. The van der Waals surface area contributed by atoms with E-state index in [0.29, 0.717) is 16.9 Å². The zero-order valence-corrected chi connectivity index (χ0v) is 11.5. The van der Waals surface area contributed by atoms with Crippen molar-refractivity contribution < 1.29 is 14.7 Å². The average Bonchev–Trinajstić information content (AvgIpc) is 2.47. The van der Waals surface area contributed by atoms with Crippen molar-refractivity contribution in [1.82, 2.24) is 0 Å². The van der Waals surface area contributed by atoms with Gasteiger partial charge in [-0.15, -0.1) is 0 Å². The number of aromatic hydroxyl groups is 1. The Morgan fingerprint density at radius 3 is 2.41 bits per heavy atom. The molecule has 0 atom stereocenters. The summed E-state index contributed by atoms with van der Waals surface area (Å²) in [6, 6.07) is 14.3. The second kappa shape index (κ2) is 6.90. The van der Waals surface area contributed by atoms with Gasteiger partial charge in [-0.2, -0.15) is 5.26 Å². The molecule has 2 aromatic carbocycles. The molecule has 6 nitrogen and oxygen atoms in total. The lowest BCUT2D eigenvalue weighted by Crippen LogP contribution is -2.13. The molecule has 0 aliphatic heterocycles. The molecular weight excluding hydrogens is 282 g/mol. The van der Waals surface area contributed by atoms with E-state index in [-0.39, 0.29) is 18.1 Å². The van der Waals surface area contributed by atoms with Crippen LogP contribution in [0.3, 0.4) is 0 Å². The predicted octanol–water partition coefficient (Wildman–Crippen LogP) is 2.50. The van der Waals surface area contributed by atoms with Crippen LogP contribution in [-0.2, 0) is 4.79 Å². The van der Waals surface area contributed by atoms with E-state index < -0.39 is 5.91 Å². The molecule has 0 bridgehead atoms. The smallest absolute Gasteiger partial charge is 0.255 e. The summed E-state index contributed by atoms with van der Waals surface area (Å²) in [5.41, 5.74) is 1.29. The third kappa shape index (κ3) is 4.08. The van der Waals surface area contributed by atoms with Crippen molar-refractivity contribution in [2.75, 3.05) is 10.6 Å². The zero-order chi connectivity index (χ0) is 15.9. The fraction of sp³-hybridized carbons (Fsp3) is 0.0625. The van der Waals surface area contributed by atoms with Gasteiger partial charge in [-0.1, -0.05) is 12.1 Å². The Bertz CT molecular complexity index is 750. The molecule has 0 radical (unpaired) electrons. The van der Waals surface area contributed by atoms with E-state index in [2.05, 4.69) is 10.6 Å². The number of phenolic OH excluding ortho intramolecular Hbond substituents is 1. The van der Waals surface area contributed by atoms with E-state index in [1.807, 2.05) is 0 Å². The van der Waals surface area contributed by atoms with Crippen molar-refractivity contribution in [2.24, 2.45) is 0 Å². The summed E-state index contributed by atoms with van der Waals surface area (Å²) in [6.45, 7) is 0. The van der Waals surface area contributed by atoms with E-state index in [9.17, 15) is 14.7 Å². The Morgan fingerprint density at radius 1 is 1.05 bits per heavy atom. The molecule has 0 unspecified atom stereocenters. The van der Waals surface area contributed by atoms with E-state index in [1.165, 1.54) is 12.1 Å². The number of carbonyl (C=O) groups is 2. The number of phenols is 1. The summed E-state index contributed by atoms with van der Waals surface area (Å²) >= 11 is 0. The van der Waals surface area contributed by atoms with Crippen LogP contribution < -0.4 is 10.6 Å². The summed E-state index contributed by atoms with van der Waals surface area (Å²) in [5, 5.41) is 23.0. The molecule has 22 heavy (non-hydrogen) atoms. The first-order chi connectivity index (χ1) is 10.6. The minimum absolute atomic E-state index is 0.00478. The summed E-state index contributed by atoms with van der Waals surface area (Å²) < 4.78 is 0. The maximum absolute atomic E-state index is 12.0. The largest absolute Gasteiger partial charge is 0.508 e. The minimum Gasteiger partial charge on any atom is -0.508 e. The van der Waals surface area contributed by atoms with E-state index >= 15 is 0 Å². The van der Waals surface area contributed by atoms with Crippen LogP contribution in [0.5, 0.6) is 5.75 Å². The molecule has 2 amide bonds. The third-order valence-electron chi connectivity index (χ3n) is 2.75. The van der Waals surface area contributed by atoms with Gasteiger partial charge in [-0.3, -0.25) is 9.59 Å². The molecule has 0 saturated carbocycles. The molecule has 0 spiro atoms. The quantitative estimate of drug-likeness (QED) is 0.806. The van der Waals surface area contributed by atoms with Crippen LogP contribution in [-0.4, -0.2) is 16.9 Å². The van der Waals surface area contributed by atoms with Gasteiger partial charge in [0.25, 0.3) is 5.91 Å².